The Morgan fingerprint density at radius 3 is 2.60 bits per heavy atom. The van der Waals surface area contributed by atoms with Crippen LogP contribution in [-0.2, 0) is 22.4 Å². The Morgan fingerprint density at radius 2 is 1.97 bits per heavy atom. The lowest BCUT2D eigenvalue weighted by molar-refractivity contribution is -0.122. The maximum Gasteiger partial charge on any atom is 0.290 e. The van der Waals surface area contributed by atoms with E-state index in [0.29, 0.717) is 12.6 Å². The van der Waals surface area contributed by atoms with E-state index in [0.717, 1.165) is 35.0 Å². The summed E-state index contributed by atoms with van der Waals surface area (Å²) in [6.45, 7) is 4.49. The van der Waals surface area contributed by atoms with Gasteiger partial charge in [-0.3, -0.25) is 9.78 Å². The number of benzene rings is 1. The zero-order chi connectivity index (χ0) is 22.2. The van der Waals surface area contributed by atoms with Gasteiger partial charge in [-0.05, 0) is 37.0 Å². The van der Waals surface area contributed by atoms with E-state index in [2.05, 4.69) is 29.4 Å². The third-order valence-electron chi connectivity index (χ3n) is 4.78. The Kier molecular flexibility index (Phi) is 12.9. The van der Waals surface area contributed by atoms with Gasteiger partial charge in [0.2, 0.25) is 0 Å². The van der Waals surface area contributed by atoms with E-state index in [1.165, 1.54) is 37.7 Å². The van der Waals surface area contributed by atoms with Gasteiger partial charge in [0.15, 0.2) is 0 Å². The third-order valence-corrected chi connectivity index (χ3v) is 5.01. The molecular weight excluding hydrogens is 404 g/mol. The van der Waals surface area contributed by atoms with E-state index in [4.69, 9.17) is 31.0 Å². The molecule has 1 saturated carbocycles. The molecule has 0 unspecified atom stereocenters. The molecule has 1 aromatic carbocycles. The quantitative estimate of drug-likeness (QED) is 0.583. The molecule has 7 heteroatoms. The van der Waals surface area contributed by atoms with Crippen LogP contribution >= 0.6 is 11.6 Å². The molecule has 0 amide bonds. The number of anilines is 1. The predicted octanol–water partition coefficient (Wildman–Crippen LogP) is 5.18. The van der Waals surface area contributed by atoms with Gasteiger partial charge in [0.1, 0.15) is 12.5 Å². The first-order chi connectivity index (χ1) is 14.7. The Morgan fingerprint density at radius 1 is 1.27 bits per heavy atom. The molecule has 6 nitrogen and oxygen atoms in total. The SMILES string of the molecule is C=O.CCc1ncc(NC2CCCCC2)cc1OCCc1cccc(Cl)c1.O=CO. The Bertz CT molecular complexity index is 752. The first-order valence-electron chi connectivity index (χ1n) is 10.2. The Balaban J connectivity index is 0.000000826. The van der Waals surface area contributed by atoms with Crippen LogP contribution in [0.15, 0.2) is 36.5 Å². The lowest BCUT2D eigenvalue weighted by atomic mass is 9.95. The van der Waals surface area contributed by atoms with Crippen LogP contribution in [0.1, 0.15) is 50.3 Å². The molecule has 1 heterocycles. The molecule has 0 spiro atoms. The summed E-state index contributed by atoms with van der Waals surface area (Å²) in [5.41, 5.74) is 3.28. The van der Waals surface area contributed by atoms with Gasteiger partial charge in [0.05, 0.1) is 24.2 Å². The third kappa shape index (κ3) is 9.27. The number of carbonyl (C=O) groups excluding carboxylic acids is 1. The fourth-order valence-electron chi connectivity index (χ4n) is 3.40. The van der Waals surface area contributed by atoms with Gasteiger partial charge in [-0.1, -0.05) is 49.9 Å². The number of ether oxygens (including phenoxy) is 1. The number of aromatic nitrogens is 1. The highest BCUT2D eigenvalue weighted by Crippen LogP contribution is 2.26. The topological polar surface area (TPSA) is 88.5 Å². The molecule has 1 aliphatic carbocycles. The lowest BCUT2D eigenvalue weighted by Gasteiger charge is -2.24. The van der Waals surface area contributed by atoms with Crippen molar-refractivity contribution in [3.8, 4) is 5.75 Å². The summed E-state index contributed by atoms with van der Waals surface area (Å²) in [6.07, 6.45) is 10.2. The average molecular weight is 435 g/mol. The summed E-state index contributed by atoms with van der Waals surface area (Å²) in [5, 5.41) is 11.3. The van der Waals surface area contributed by atoms with Crippen LogP contribution in [0.3, 0.4) is 0 Å². The Labute approximate surface area is 183 Å². The van der Waals surface area contributed by atoms with Crippen molar-refractivity contribution >= 4 is 30.5 Å². The summed E-state index contributed by atoms with van der Waals surface area (Å²) < 4.78 is 6.06. The molecule has 164 valence electrons. The van der Waals surface area contributed by atoms with Crippen LogP contribution in [0.2, 0.25) is 5.02 Å². The van der Waals surface area contributed by atoms with Gasteiger partial charge in [-0.2, -0.15) is 0 Å². The molecule has 1 fully saturated rings. The number of aryl methyl sites for hydroxylation is 1. The van der Waals surface area contributed by atoms with Gasteiger partial charge in [-0.15, -0.1) is 0 Å². The van der Waals surface area contributed by atoms with E-state index < -0.39 is 0 Å². The molecule has 0 atom stereocenters. The van der Waals surface area contributed by atoms with E-state index in [1.54, 1.807) is 0 Å². The number of carboxylic acid groups (broad SMARTS) is 1. The van der Waals surface area contributed by atoms with Crippen molar-refractivity contribution in [2.75, 3.05) is 11.9 Å². The first-order valence-corrected chi connectivity index (χ1v) is 10.5. The average Bonchev–Trinajstić information content (AvgIpc) is 2.77. The highest BCUT2D eigenvalue weighted by molar-refractivity contribution is 6.30. The first kappa shape index (κ1) is 25.4. The van der Waals surface area contributed by atoms with Crippen LogP contribution in [0.4, 0.5) is 5.69 Å². The molecule has 0 radical (unpaired) electrons. The zero-order valence-electron chi connectivity index (χ0n) is 17.5. The molecular formula is C23H31ClN2O4. The summed E-state index contributed by atoms with van der Waals surface area (Å²) in [4.78, 5) is 21.0. The van der Waals surface area contributed by atoms with Crippen LogP contribution in [-0.4, -0.2) is 36.0 Å². The zero-order valence-corrected chi connectivity index (χ0v) is 18.2. The summed E-state index contributed by atoms with van der Waals surface area (Å²) in [5.74, 6) is 0.894. The molecule has 2 N–H and O–H groups in total. The highest BCUT2D eigenvalue weighted by Gasteiger charge is 2.14. The molecule has 1 aliphatic rings. The molecule has 0 bridgehead atoms. The number of rotatable bonds is 7. The maximum atomic E-state index is 8.36. The standard InChI is InChI=1S/C21H27ClN2O.CH2O2.CH2O/c1-2-20-21(25-12-11-16-7-6-8-17(22)13-16)14-19(15-23-20)24-18-9-4-3-5-10-18;2-1-3;1-2/h6-8,13-15,18,24H,2-5,9-12H2,1H3;1H,(H,2,3);1H2. The second-order valence-electron chi connectivity index (χ2n) is 6.84. The van der Waals surface area contributed by atoms with Crippen molar-refractivity contribution in [2.45, 2.75) is 57.9 Å². The van der Waals surface area contributed by atoms with Gasteiger partial charge in [0, 0.05) is 23.6 Å². The van der Waals surface area contributed by atoms with Gasteiger partial charge >= 0.3 is 0 Å². The predicted molar refractivity (Wildman–Crippen MR) is 121 cm³/mol. The van der Waals surface area contributed by atoms with Crippen molar-refractivity contribution in [1.82, 2.24) is 4.98 Å². The largest absolute Gasteiger partial charge is 0.491 e. The van der Waals surface area contributed by atoms with Crippen molar-refractivity contribution in [2.24, 2.45) is 0 Å². The lowest BCUT2D eigenvalue weighted by Crippen LogP contribution is -2.22. The van der Waals surface area contributed by atoms with Crippen LogP contribution in [0.25, 0.3) is 0 Å². The summed E-state index contributed by atoms with van der Waals surface area (Å²) in [7, 11) is 0. The number of nitrogens with one attached hydrogen (secondary N) is 1. The minimum absolute atomic E-state index is 0.250. The second kappa shape index (κ2) is 15.3. The number of hydrogen-bond donors (Lipinski definition) is 2. The number of carbonyl (C=O) groups is 2. The van der Waals surface area contributed by atoms with Crippen LogP contribution in [0.5, 0.6) is 5.75 Å². The summed E-state index contributed by atoms with van der Waals surface area (Å²) in [6, 6.07) is 10.6. The fraction of sp³-hybridized carbons (Fsp3) is 0.435. The van der Waals surface area contributed by atoms with Crippen molar-refractivity contribution in [3.05, 3.63) is 52.8 Å². The van der Waals surface area contributed by atoms with Crippen molar-refractivity contribution in [1.29, 1.82) is 0 Å². The number of hydrogen-bond acceptors (Lipinski definition) is 5. The van der Waals surface area contributed by atoms with Crippen molar-refractivity contribution in [3.63, 3.8) is 0 Å². The summed E-state index contributed by atoms with van der Waals surface area (Å²) >= 11 is 6.04. The second-order valence-corrected chi connectivity index (χ2v) is 7.27. The van der Waals surface area contributed by atoms with Gasteiger partial charge in [0.25, 0.3) is 6.47 Å². The number of nitrogens with zero attached hydrogens (tertiary/aromatic N) is 1. The highest BCUT2D eigenvalue weighted by atomic mass is 35.5. The van der Waals surface area contributed by atoms with Crippen LogP contribution < -0.4 is 10.1 Å². The number of pyridine rings is 1. The van der Waals surface area contributed by atoms with Gasteiger partial charge < -0.3 is 20.0 Å². The van der Waals surface area contributed by atoms with E-state index in [9.17, 15) is 0 Å². The normalized spacial score (nSPS) is 13.1. The van der Waals surface area contributed by atoms with Crippen LogP contribution in [0, 0.1) is 0 Å². The minimum atomic E-state index is -0.250. The monoisotopic (exact) mass is 434 g/mol. The fourth-order valence-corrected chi connectivity index (χ4v) is 3.61. The van der Waals surface area contributed by atoms with E-state index >= 15 is 0 Å². The molecule has 0 saturated heterocycles. The maximum absolute atomic E-state index is 8.36. The minimum Gasteiger partial charge on any atom is -0.491 e. The smallest absolute Gasteiger partial charge is 0.290 e. The molecule has 2 aromatic rings. The van der Waals surface area contributed by atoms with Crippen molar-refractivity contribution < 1.29 is 19.4 Å². The van der Waals surface area contributed by atoms with Gasteiger partial charge in [-0.25, -0.2) is 0 Å². The van der Waals surface area contributed by atoms with E-state index in [-0.39, 0.29) is 6.47 Å². The number of halogens is 1. The Hall–Kier alpha value is -2.60. The molecule has 0 aliphatic heterocycles. The molecule has 1 aromatic heterocycles. The molecule has 3 rings (SSSR count). The van der Waals surface area contributed by atoms with E-state index in [1.807, 2.05) is 31.2 Å². The molecule has 30 heavy (non-hydrogen) atoms.